The third-order valence-electron chi connectivity index (χ3n) is 4.32. The SMILES string of the molecule is CNC(=O)c1cc(S(=O)(=O)N2CCC(C(C)N)CC2)cn1C. The predicted molar refractivity (Wildman–Crippen MR) is 83.9 cm³/mol. The number of nitrogens with two attached hydrogens (primary N) is 1. The van der Waals surface area contributed by atoms with Gasteiger partial charge in [0.25, 0.3) is 5.91 Å². The van der Waals surface area contributed by atoms with E-state index >= 15 is 0 Å². The molecular formula is C14H24N4O3S. The van der Waals surface area contributed by atoms with Gasteiger partial charge in [-0.1, -0.05) is 0 Å². The van der Waals surface area contributed by atoms with Gasteiger partial charge in [-0.05, 0) is 31.7 Å². The van der Waals surface area contributed by atoms with Crippen LogP contribution in [0.4, 0.5) is 0 Å². The molecule has 1 aliphatic heterocycles. The summed E-state index contributed by atoms with van der Waals surface area (Å²) in [6.07, 6.45) is 3.02. The zero-order valence-corrected chi connectivity index (χ0v) is 14.1. The number of aryl methyl sites for hydroxylation is 1. The van der Waals surface area contributed by atoms with Crippen LogP contribution in [0.15, 0.2) is 17.2 Å². The predicted octanol–water partition coefficient (Wildman–Crippen LogP) is 0.133. The van der Waals surface area contributed by atoms with E-state index in [0.29, 0.717) is 24.7 Å². The first-order valence-electron chi connectivity index (χ1n) is 7.41. The van der Waals surface area contributed by atoms with E-state index in [4.69, 9.17) is 5.73 Å². The van der Waals surface area contributed by atoms with Crippen LogP contribution in [0.3, 0.4) is 0 Å². The molecule has 0 aliphatic carbocycles. The summed E-state index contributed by atoms with van der Waals surface area (Å²) in [6, 6.07) is 1.51. The third-order valence-corrected chi connectivity index (χ3v) is 6.18. The standard InChI is InChI=1S/C14H24N4O3S/c1-10(15)11-4-6-18(7-5-11)22(20,21)12-8-13(14(19)16-2)17(3)9-12/h8-11H,4-7,15H2,1-3H3,(H,16,19). The topological polar surface area (TPSA) is 97.4 Å². The zero-order chi connectivity index (χ0) is 16.5. The van der Waals surface area contributed by atoms with Gasteiger partial charge in [-0.25, -0.2) is 8.42 Å². The molecular weight excluding hydrogens is 304 g/mol. The average molecular weight is 328 g/mol. The van der Waals surface area contributed by atoms with Crippen LogP contribution in [-0.2, 0) is 17.1 Å². The maximum Gasteiger partial charge on any atom is 0.267 e. The van der Waals surface area contributed by atoms with E-state index in [1.54, 1.807) is 7.05 Å². The first-order valence-corrected chi connectivity index (χ1v) is 8.85. The van der Waals surface area contributed by atoms with Gasteiger partial charge in [0.05, 0.1) is 0 Å². The fourth-order valence-corrected chi connectivity index (χ4v) is 4.36. The Morgan fingerprint density at radius 1 is 1.41 bits per heavy atom. The van der Waals surface area contributed by atoms with Gasteiger partial charge in [0.1, 0.15) is 10.6 Å². The molecule has 2 rings (SSSR count). The molecule has 7 nitrogen and oxygen atoms in total. The lowest BCUT2D eigenvalue weighted by Crippen LogP contribution is -2.42. The van der Waals surface area contributed by atoms with Crippen LogP contribution in [0.2, 0.25) is 0 Å². The number of aromatic nitrogens is 1. The summed E-state index contributed by atoms with van der Waals surface area (Å²) >= 11 is 0. The average Bonchev–Trinajstić information content (AvgIpc) is 2.89. The summed E-state index contributed by atoms with van der Waals surface area (Å²) in [6.45, 7) is 2.90. The highest BCUT2D eigenvalue weighted by molar-refractivity contribution is 7.89. The molecule has 22 heavy (non-hydrogen) atoms. The summed E-state index contributed by atoms with van der Waals surface area (Å²) in [7, 11) is -0.388. The smallest absolute Gasteiger partial charge is 0.267 e. The Labute approximate surface area is 131 Å². The van der Waals surface area contributed by atoms with E-state index in [9.17, 15) is 13.2 Å². The van der Waals surface area contributed by atoms with Gasteiger partial charge < -0.3 is 15.6 Å². The van der Waals surface area contributed by atoms with Crippen LogP contribution in [0.5, 0.6) is 0 Å². The summed E-state index contributed by atoms with van der Waals surface area (Å²) < 4.78 is 28.4. The molecule has 1 fully saturated rings. The van der Waals surface area contributed by atoms with Crippen molar-refractivity contribution < 1.29 is 13.2 Å². The van der Waals surface area contributed by atoms with Crippen molar-refractivity contribution in [2.75, 3.05) is 20.1 Å². The van der Waals surface area contributed by atoms with Gasteiger partial charge in [0.15, 0.2) is 0 Å². The minimum absolute atomic E-state index is 0.0847. The third kappa shape index (κ3) is 3.18. The van der Waals surface area contributed by atoms with Crippen molar-refractivity contribution in [3.63, 3.8) is 0 Å². The molecule has 1 atom stereocenters. The lowest BCUT2D eigenvalue weighted by atomic mass is 9.92. The van der Waals surface area contributed by atoms with Crippen molar-refractivity contribution in [3.8, 4) is 0 Å². The molecule has 0 radical (unpaired) electrons. The van der Waals surface area contributed by atoms with Crippen LogP contribution >= 0.6 is 0 Å². The number of sulfonamides is 1. The minimum Gasteiger partial charge on any atom is -0.354 e. The summed E-state index contributed by atoms with van der Waals surface area (Å²) in [4.78, 5) is 11.9. The van der Waals surface area contributed by atoms with E-state index in [-0.39, 0.29) is 16.8 Å². The second-order valence-electron chi connectivity index (χ2n) is 5.85. The van der Waals surface area contributed by atoms with Gasteiger partial charge in [0.2, 0.25) is 10.0 Å². The minimum atomic E-state index is -3.56. The largest absolute Gasteiger partial charge is 0.354 e. The number of hydrogen-bond acceptors (Lipinski definition) is 4. The second kappa shape index (κ2) is 6.39. The van der Waals surface area contributed by atoms with Gasteiger partial charge in [-0.3, -0.25) is 4.79 Å². The molecule has 1 unspecified atom stereocenters. The van der Waals surface area contributed by atoms with Crippen molar-refractivity contribution in [1.29, 1.82) is 0 Å². The van der Waals surface area contributed by atoms with Crippen LogP contribution in [0.25, 0.3) is 0 Å². The molecule has 1 aromatic rings. The van der Waals surface area contributed by atoms with E-state index < -0.39 is 10.0 Å². The van der Waals surface area contributed by atoms with Crippen molar-refractivity contribution >= 4 is 15.9 Å². The van der Waals surface area contributed by atoms with Gasteiger partial charge in [-0.2, -0.15) is 4.31 Å². The Bertz CT molecular complexity index is 643. The Balaban J connectivity index is 2.20. The number of carbonyl (C=O) groups is 1. The number of hydrogen-bond donors (Lipinski definition) is 2. The highest BCUT2D eigenvalue weighted by Gasteiger charge is 2.31. The molecule has 124 valence electrons. The Kier molecular flexibility index (Phi) is 4.93. The second-order valence-corrected chi connectivity index (χ2v) is 7.79. The Morgan fingerprint density at radius 3 is 2.50 bits per heavy atom. The summed E-state index contributed by atoms with van der Waals surface area (Å²) in [5, 5.41) is 2.50. The Morgan fingerprint density at radius 2 is 2.00 bits per heavy atom. The van der Waals surface area contributed by atoms with Crippen LogP contribution < -0.4 is 11.1 Å². The fourth-order valence-electron chi connectivity index (χ4n) is 2.82. The maximum absolute atomic E-state index is 12.7. The molecule has 1 aliphatic rings. The first-order chi connectivity index (χ1) is 10.3. The maximum atomic E-state index is 12.7. The molecule has 2 heterocycles. The zero-order valence-electron chi connectivity index (χ0n) is 13.2. The summed E-state index contributed by atoms with van der Waals surface area (Å²) in [5.74, 6) is 0.0586. The first kappa shape index (κ1) is 17.0. The van der Waals surface area contributed by atoms with E-state index in [1.165, 1.54) is 28.2 Å². The van der Waals surface area contributed by atoms with Gasteiger partial charge >= 0.3 is 0 Å². The highest BCUT2D eigenvalue weighted by atomic mass is 32.2. The number of amides is 1. The lowest BCUT2D eigenvalue weighted by molar-refractivity contribution is 0.0955. The quantitative estimate of drug-likeness (QED) is 0.821. The van der Waals surface area contributed by atoms with Crippen LogP contribution in [-0.4, -0.2) is 49.4 Å². The monoisotopic (exact) mass is 328 g/mol. The highest BCUT2D eigenvalue weighted by Crippen LogP contribution is 2.26. The van der Waals surface area contributed by atoms with Gasteiger partial charge in [-0.15, -0.1) is 0 Å². The number of nitrogens with one attached hydrogen (secondary N) is 1. The molecule has 1 aromatic heterocycles. The molecule has 0 spiro atoms. The summed E-state index contributed by atoms with van der Waals surface area (Å²) in [5.41, 5.74) is 6.21. The molecule has 1 saturated heterocycles. The van der Waals surface area contributed by atoms with Crippen molar-refractivity contribution in [2.45, 2.75) is 30.7 Å². The molecule has 1 amide bonds. The van der Waals surface area contributed by atoms with Crippen molar-refractivity contribution in [3.05, 3.63) is 18.0 Å². The molecule has 8 heteroatoms. The van der Waals surface area contributed by atoms with Crippen LogP contribution in [0.1, 0.15) is 30.3 Å². The van der Waals surface area contributed by atoms with E-state index in [1.807, 2.05) is 6.92 Å². The molecule has 0 aromatic carbocycles. The number of nitrogens with zero attached hydrogens (tertiary/aromatic N) is 2. The van der Waals surface area contributed by atoms with E-state index in [2.05, 4.69) is 5.32 Å². The normalized spacial score (nSPS) is 19.1. The molecule has 0 saturated carbocycles. The van der Waals surface area contributed by atoms with Crippen LogP contribution in [0, 0.1) is 5.92 Å². The molecule has 3 N–H and O–H groups in total. The number of rotatable bonds is 4. The Hall–Kier alpha value is -1.38. The van der Waals surface area contributed by atoms with Crippen molar-refractivity contribution in [2.24, 2.45) is 18.7 Å². The molecule has 0 bridgehead atoms. The van der Waals surface area contributed by atoms with Crippen molar-refractivity contribution in [1.82, 2.24) is 14.2 Å². The number of carbonyl (C=O) groups excluding carboxylic acids is 1. The fraction of sp³-hybridized carbons (Fsp3) is 0.643. The lowest BCUT2D eigenvalue weighted by Gasteiger charge is -2.32. The number of piperidine rings is 1. The van der Waals surface area contributed by atoms with E-state index in [0.717, 1.165) is 12.8 Å². The van der Waals surface area contributed by atoms with Gasteiger partial charge in [0, 0.05) is 39.4 Å².